The molecule has 0 unspecified atom stereocenters. The van der Waals surface area contributed by atoms with Crippen LogP contribution in [0.3, 0.4) is 0 Å². The molecule has 4 heteroatoms. The molecule has 0 atom stereocenters. The first-order valence-electron chi connectivity index (χ1n) is 11.3. The molecule has 0 spiro atoms. The molecule has 2 aromatic rings. The van der Waals surface area contributed by atoms with Crippen LogP contribution in [0.5, 0.6) is 0 Å². The predicted octanol–water partition coefficient (Wildman–Crippen LogP) is 5.75. The number of carbonyl (C=O) groups excluding carboxylic acids is 2. The molecular formula is C28H31NO3. The van der Waals surface area contributed by atoms with Gasteiger partial charge in [0.2, 0.25) is 0 Å². The minimum atomic E-state index is -0.660. The van der Waals surface area contributed by atoms with Crippen molar-refractivity contribution in [2.45, 2.75) is 70.6 Å². The van der Waals surface area contributed by atoms with Crippen LogP contribution in [0.25, 0.3) is 0 Å². The van der Waals surface area contributed by atoms with Crippen LogP contribution in [-0.4, -0.2) is 22.5 Å². The van der Waals surface area contributed by atoms with Gasteiger partial charge in [0, 0.05) is 34.8 Å². The second kappa shape index (κ2) is 7.84. The van der Waals surface area contributed by atoms with Crippen LogP contribution in [0.2, 0.25) is 0 Å². The molecule has 4 nitrogen and oxygen atoms in total. The highest BCUT2D eigenvalue weighted by Gasteiger charge is 2.34. The topological polar surface area (TPSA) is 66.7 Å². The number of allylic oxidation sites excluding steroid dienone is 2. The average Bonchev–Trinajstić information content (AvgIpc) is 2.74. The van der Waals surface area contributed by atoms with Crippen molar-refractivity contribution in [1.82, 2.24) is 0 Å². The van der Waals surface area contributed by atoms with E-state index in [0.717, 1.165) is 22.3 Å². The first-order chi connectivity index (χ1) is 15.0. The number of aryl methyl sites for hydroxylation is 1. The zero-order valence-electron chi connectivity index (χ0n) is 19.5. The second-order valence-electron chi connectivity index (χ2n) is 10.3. The highest BCUT2D eigenvalue weighted by atomic mass is 16.4. The monoisotopic (exact) mass is 429 g/mol. The zero-order chi connectivity index (χ0) is 23.3. The largest absolute Gasteiger partial charge is 0.410 e. The van der Waals surface area contributed by atoms with Gasteiger partial charge in [-0.2, -0.15) is 0 Å². The molecule has 0 radical (unpaired) electrons. The van der Waals surface area contributed by atoms with Crippen LogP contribution in [0, 0.1) is 6.92 Å². The SMILES string of the molecule is Cc1cc2c(cc1/C(=N/O)c1ccc(C3C(=O)CCCC3=O)cc1)C(C)(C)C=CC2(C)C. The number of fused-ring (bicyclic) bond motifs is 1. The quantitative estimate of drug-likeness (QED) is 0.222. The van der Waals surface area contributed by atoms with E-state index in [1.807, 2.05) is 31.2 Å². The van der Waals surface area contributed by atoms with E-state index in [1.54, 1.807) is 0 Å². The molecule has 0 aromatic heterocycles. The lowest BCUT2D eigenvalue weighted by Gasteiger charge is -2.37. The molecule has 32 heavy (non-hydrogen) atoms. The Hall–Kier alpha value is -3.01. The van der Waals surface area contributed by atoms with E-state index in [1.165, 1.54) is 11.1 Å². The Morgan fingerprint density at radius 3 is 1.97 bits per heavy atom. The number of Topliss-reactive ketones (excluding diaryl/α,β-unsaturated/α-hetero) is 2. The number of hydrogen-bond acceptors (Lipinski definition) is 4. The minimum absolute atomic E-state index is 0.00604. The Morgan fingerprint density at radius 1 is 0.906 bits per heavy atom. The van der Waals surface area contributed by atoms with E-state index in [-0.39, 0.29) is 22.4 Å². The van der Waals surface area contributed by atoms with Gasteiger partial charge in [-0.05, 0) is 41.7 Å². The number of ketones is 2. The third-order valence-electron chi connectivity index (χ3n) is 7.03. The summed E-state index contributed by atoms with van der Waals surface area (Å²) in [4.78, 5) is 24.6. The molecule has 2 aliphatic rings. The van der Waals surface area contributed by atoms with Crippen LogP contribution < -0.4 is 0 Å². The fraction of sp³-hybridized carbons (Fsp3) is 0.393. The summed E-state index contributed by atoms with van der Waals surface area (Å²) < 4.78 is 0. The molecule has 1 N–H and O–H groups in total. The lowest BCUT2D eigenvalue weighted by molar-refractivity contribution is -0.131. The lowest BCUT2D eigenvalue weighted by Crippen LogP contribution is -2.30. The van der Waals surface area contributed by atoms with Crippen molar-refractivity contribution in [3.63, 3.8) is 0 Å². The van der Waals surface area contributed by atoms with E-state index in [9.17, 15) is 14.8 Å². The normalized spacial score (nSPS) is 20.3. The van der Waals surface area contributed by atoms with E-state index in [4.69, 9.17) is 0 Å². The molecule has 0 heterocycles. The van der Waals surface area contributed by atoms with Crippen molar-refractivity contribution in [2.24, 2.45) is 5.16 Å². The summed E-state index contributed by atoms with van der Waals surface area (Å²) in [6.07, 6.45) is 6.07. The average molecular weight is 430 g/mol. The van der Waals surface area contributed by atoms with Crippen LogP contribution >= 0.6 is 0 Å². The Bertz CT molecular complexity index is 1130. The molecule has 1 fully saturated rings. The van der Waals surface area contributed by atoms with Gasteiger partial charge in [0.05, 0.1) is 0 Å². The summed E-state index contributed by atoms with van der Waals surface area (Å²) in [5.41, 5.74) is 6.19. The molecule has 0 saturated heterocycles. The fourth-order valence-electron chi connectivity index (χ4n) is 5.00. The Morgan fingerprint density at radius 2 is 1.44 bits per heavy atom. The molecule has 2 aliphatic carbocycles. The van der Waals surface area contributed by atoms with Gasteiger partial charge in [-0.3, -0.25) is 9.59 Å². The van der Waals surface area contributed by atoms with E-state index in [0.29, 0.717) is 25.0 Å². The molecule has 1 saturated carbocycles. The molecular weight excluding hydrogens is 398 g/mol. The van der Waals surface area contributed by atoms with Crippen LogP contribution in [0.15, 0.2) is 53.7 Å². The maximum Gasteiger partial charge on any atom is 0.147 e. The summed E-state index contributed by atoms with van der Waals surface area (Å²) in [6, 6.07) is 11.7. The number of rotatable bonds is 3. The molecule has 0 bridgehead atoms. The lowest BCUT2D eigenvalue weighted by atomic mass is 9.67. The molecule has 0 aliphatic heterocycles. The second-order valence-corrected chi connectivity index (χ2v) is 10.3. The predicted molar refractivity (Wildman–Crippen MR) is 127 cm³/mol. The number of hydrogen-bond donors (Lipinski definition) is 1. The molecule has 2 aromatic carbocycles. The van der Waals surface area contributed by atoms with Gasteiger partial charge >= 0.3 is 0 Å². The Kier molecular flexibility index (Phi) is 5.44. The van der Waals surface area contributed by atoms with Gasteiger partial charge in [-0.1, -0.05) is 75.3 Å². The highest BCUT2D eigenvalue weighted by molar-refractivity contribution is 6.14. The summed E-state index contributed by atoms with van der Waals surface area (Å²) in [5, 5.41) is 13.6. The smallest absolute Gasteiger partial charge is 0.147 e. The summed E-state index contributed by atoms with van der Waals surface area (Å²) >= 11 is 0. The Labute approximate surface area is 190 Å². The van der Waals surface area contributed by atoms with Crippen LogP contribution in [0.1, 0.15) is 86.3 Å². The van der Waals surface area contributed by atoms with Gasteiger partial charge in [-0.25, -0.2) is 0 Å². The van der Waals surface area contributed by atoms with Crippen molar-refractivity contribution in [3.05, 3.63) is 81.9 Å². The maximum atomic E-state index is 12.3. The number of nitrogens with zero attached hydrogens (tertiary/aromatic N) is 1. The van der Waals surface area contributed by atoms with E-state index >= 15 is 0 Å². The summed E-state index contributed by atoms with van der Waals surface area (Å²) in [5.74, 6) is -0.672. The van der Waals surface area contributed by atoms with Crippen LogP contribution in [-0.2, 0) is 20.4 Å². The third-order valence-corrected chi connectivity index (χ3v) is 7.03. The first kappa shape index (κ1) is 22.2. The number of benzene rings is 2. The molecule has 4 rings (SSSR count). The zero-order valence-corrected chi connectivity index (χ0v) is 19.5. The number of oxime groups is 1. The van der Waals surface area contributed by atoms with Gasteiger partial charge in [0.25, 0.3) is 0 Å². The first-order valence-corrected chi connectivity index (χ1v) is 11.3. The maximum absolute atomic E-state index is 12.3. The highest BCUT2D eigenvalue weighted by Crippen LogP contribution is 2.42. The third kappa shape index (κ3) is 3.72. The van der Waals surface area contributed by atoms with Crippen molar-refractivity contribution in [2.75, 3.05) is 0 Å². The van der Waals surface area contributed by atoms with Gasteiger partial charge in [0.15, 0.2) is 0 Å². The van der Waals surface area contributed by atoms with Crippen molar-refractivity contribution >= 4 is 17.3 Å². The minimum Gasteiger partial charge on any atom is -0.410 e. The Balaban J connectivity index is 1.74. The van der Waals surface area contributed by atoms with Gasteiger partial charge in [-0.15, -0.1) is 0 Å². The van der Waals surface area contributed by atoms with E-state index in [2.05, 4.69) is 57.1 Å². The van der Waals surface area contributed by atoms with Crippen molar-refractivity contribution < 1.29 is 14.8 Å². The number of carbonyl (C=O) groups is 2. The van der Waals surface area contributed by atoms with Crippen molar-refractivity contribution in [1.29, 1.82) is 0 Å². The molecule has 0 amide bonds. The standard InChI is InChI=1S/C28H31NO3/c1-17-15-21-22(28(4,5)14-13-27(21,2)3)16-20(17)26(29-32)19-11-9-18(10-12-19)25-23(30)7-6-8-24(25)31/h9-16,25,32H,6-8H2,1-5H3/b29-26+. The van der Waals surface area contributed by atoms with E-state index < -0.39 is 5.92 Å². The van der Waals surface area contributed by atoms with Gasteiger partial charge < -0.3 is 5.21 Å². The van der Waals surface area contributed by atoms with Crippen molar-refractivity contribution in [3.8, 4) is 0 Å². The van der Waals surface area contributed by atoms with Gasteiger partial charge in [0.1, 0.15) is 23.2 Å². The fourth-order valence-corrected chi connectivity index (χ4v) is 5.00. The van der Waals surface area contributed by atoms with Crippen LogP contribution in [0.4, 0.5) is 0 Å². The summed E-state index contributed by atoms with van der Waals surface area (Å²) in [7, 11) is 0. The molecule has 166 valence electrons. The summed E-state index contributed by atoms with van der Waals surface area (Å²) in [6.45, 7) is 10.9.